The Bertz CT molecular complexity index is 222. The summed E-state index contributed by atoms with van der Waals surface area (Å²) in [5.74, 6) is 0. The lowest BCUT2D eigenvalue weighted by Gasteiger charge is -1.97. The predicted molar refractivity (Wildman–Crippen MR) is 38.3 cm³/mol. The average Bonchev–Trinajstić information content (AvgIpc) is 2.50. The third kappa shape index (κ3) is 2.67. The van der Waals surface area contributed by atoms with Gasteiger partial charge in [-0.2, -0.15) is 5.26 Å². The van der Waals surface area contributed by atoms with Crippen LogP contribution >= 0.6 is 0 Å². The second-order valence-electron chi connectivity index (χ2n) is 2.06. The van der Waals surface area contributed by atoms with Crippen molar-refractivity contribution in [1.82, 2.24) is 20.3 Å². The molecule has 1 heterocycles. The molecule has 0 aliphatic heterocycles. The maximum atomic E-state index is 8.13. The Morgan fingerprint density at radius 1 is 1.64 bits per heavy atom. The number of rotatable bonds is 4. The van der Waals surface area contributed by atoms with Crippen molar-refractivity contribution >= 4 is 0 Å². The highest BCUT2D eigenvalue weighted by molar-refractivity contribution is 4.66. The molecule has 0 spiro atoms. The summed E-state index contributed by atoms with van der Waals surface area (Å²) < 4.78 is 1.74. The predicted octanol–water partition coefficient (Wildman–Crippen LogP) is -0.261. The smallest absolute Gasteiger partial charge is 0.176 e. The zero-order chi connectivity index (χ0) is 7.94. The van der Waals surface area contributed by atoms with Crippen LogP contribution in [0.3, 0.4) is 0 Å². The van der Waals surface area contributed by atoms with Crippen molar-refractivity contribution in [2.45, 2.75) is 13.0 Å². The van der Waals surface area contributed by atoms with Crippen LogP contribution in [-0.4, -0.2) is 21.5 Å². The van der Waals surface area contributed by atoms with Crippen molar-refractivity contribution in [3.05, 3.63) is 12.4 Å². The number of nitriles is 1. The first-order chi connectivity index (χ1) is 5.43. The maximum absolute atomic E-state index is 8.13. The van der Waals surface area contributed by atoms with Gasteiger partial charge in [-0.05, 0) is 6.42 Å². The van der Waals surface area contributed by atoms with E-state index in [0.717, 1.165) is 13.0 Å². The average molecular weight is 151 g/mol. The van der Waals surface area contributed by atoms with Crippen molar-refractivity contribution in [2.24, 2.45) is 0 Å². The number of hydrogen-bond acceptors (Lipinski definition) is 4. The molecule has 0 aliphatic rings. The van der Waals surface area contributed by atoms with Crippen LogP contribution in [0.15, 0.2) is 12.4 Å². The van der Waals surface area contributed by atoms with Crippen molar-refractivity contribution in [3.8, 4) is 6.19 Å². The van der Waals surface area contributed by atoms with Gasteiger partial charge in [0.2, 0.25) is 0 Å². The molecule has 1 N–H and O–H groups in total. The zero-order valence-corrected chi connectivity index (χ0v) is 6.06. The van der Waals surface area contributed by atoms with Gasteiger partial charge in [-0.3, -0.25) is 4.68 Å². The second kappa shape index (κ2) is 4.28. The molecular formula is C6H9N5. The van der Waals surface area contributed by atoms with E-state index in [1.165, 1.54) is 0 Å². The molecule has 0 atom stereocenters. The van der Waals surface area contributed by atoms with Gasteiger partial charge >= 0.3 is 0 Å². The van der Waals surface area contributed by atoms with Crippen LogP contribution in [-0.2, 0) is 6.54 Å². The van der Waals surface area contributed by atoms with E-state index in [-0.39, 0.29) is 0 Å². The van der Waals surface area contributed by atoms with Gasteiger partial charge in [-0.15, -0.1) is 5.10 Å². The summed E-state index contributed by atoms with van der Waals surface area (Å²) in [7, 11) is 0. The largest absolute Gasteiger partial charge is 0.324 e. The molecule has 1 aromatic rings. The molecule has 58 valence electrons. The van der Waals surface area contributed by atoms with Crippen LogP contribution in [0.5, 0.6) is 0 Å². The van der Waals surface area contributed by atoms with Crippen LogP contribution in [0, 0.1) is 11.5 Å². The Hall–Kier alpha value is -1.57. The van der Waals surface area contributed by atoms with Gasteiger partial charge in [0.1, 0.15) is 0 Å². The summed E-state index contributed by atoms with van der Waals surface area (Å²) in [6.07, 6.45) is 6.17. The van der Waals surface area contributed by atoms with Gasteiger partial charge in [-0.1, -0.05) is 5.21 Å². The van der Waals surface area contributed by atoms with Gasteiger partial charge < -0.3 is 5.32 Å². The van der Waals surface area contributed by atoms with E-state index in [4.69, 9.17) is 5.26 Å². The van der Waals surface area contributed by atoms with Gasteiger partial charge in [0, 0.05) is 19.3 Å². The van der Waals surface area contributed by atoms with Crippen molar-refractivity contribution in [3.63, 3.8) is 0 Å². The number of aromatic nitrogens is 3. The molecule has 1 rings (SSSR count). The lowest BCUT2D eigenvalue weighted by Crippen LogP contribution is -2.10. The Kier molecular flexibility index (Phi) is 2.93. The SMILES string of the molecule is N#CNCCCn1ccnn1. The summed E-state index contributed by atoms with van der Waals surface area (Å²) in [6.45, 7) is 1.49. The lowest BCUT2D eigenvalue weighted by atomic mass is 10.4. The summed E-state index contributed by atoms with van der Waals surface area (Å²) in [4.78, 5) is 0. The number of nitrogens with zero attached hydrogens (tertiary/aromatic N) is 4. The minimum Gasteiger partial charge on any atom is -0.324 e. The molecule has 0 bridgehead atoms. The third-order valence-electron chi connectivity index (χ3n) is 1.24. The van der Waals surface area contributed by atoms with Crippen LogP contribution < -0.4 is 5.32 Å². The molecule has 5 heteroatoms. The van der Waals surface area contributed by atoms with E-state index in [2.05, 4.69) is 15.6 Å². The molecule has 0 aromatic carbocycles. The van der Waals surface area contributed by atoms with Crippen LogP contribution in [0.25, 0.3) is 0 Å². The standard InChI is InChI=1S/C6H9N5/c7-6-8-2-1-4-11-5-3-9-10-11/h3,5,8H,1-2,4H2. The first-order valence-corrected chi connectivity index (χ1v) is 3.39. The van der Waals surface area contributed by atoms with Crippen molar-refractivity contribution < 1.29 is 0 Å². The normalized spacial score (nSPS) is 9.00. The van der Waals surface area contributed by atoms with Gasteiger partial charge in [-0.25, -0.2) is 0 Å². The van der Waals surface area contributed by atoms with E-state index >= 15 is 0 Å². The van der Waals surface area contributed by atoms with Gasteiger partial charge in [0.15, 0.2) is 6.19 Å². The molecule has 0 amide bonds. The zero-order valence-electron chi connectivity index (χ0n) is 6.06. The topological polar surface area (TPSA) is 66.5 Å². The minimum atomic E-state index is 0.691. The third-order valence-corrected chi connectivity index (χ3v) is 1.24. The fourth-order valence-corrected chi connectivity index (χ4v) is 0.737. The summed E-state index contributed by atoms with van der Waals surface area (Å²) in [6, 6.07) is 0. The quantitative estimate of drug-likeness (QED) is 0.365. The molecule has 5 nitrogen and oxygen atoms in total. The maximum Gasteiger partial charge on any atom is 0.176 e. The van der Waals surface area contributed by atoms with E-state index in [1.54, 1.807) is 17.1 Å². The molecule has 0 saturated heterocycles. The van der Waals surface area contributed by atoms with Crippen LogP contribution in [0.1, 0.15) is 6.42 Å². The fraction of sp³-hybridized carbons (Fsp3) is 0.500. The molecule has 11 heavy (non-hydrogen) atoms. The molecule has 0 aliphatic carbocycles. The fourth-order valence-electron chi connectivity index (χ4n) is 0.737. The summed E-state index contributed by atoms with van der Waals surface area (Å²) >= 11 is 0. The highest BCUT2D eigenvalue weighted by Crippen LogP contribution is 1.84. The molecule has 0 radical (unpaired) electrons. The first-order valence-electron chi connectivity index (χ1n) is 3.39. The molecule has 0 fully saturated rings. The highest BCUT2D eigenvalue weighted by Gasteiger charge is 1.89. The Morgan fingerprint density at radius 2 is 2.55 bits per heavy atom. The number of aryl methyl sites for hydroxylation is 1. The summed E-state index contributed by atoms with van der Waals surface area (Å²) in [5, 5.41) is 18.1. The Balaban J connectivity index is 2.10. The van der Waals surface area contributed by atoms with E-state index in [1.807, 2.05) is 6.19 Å². The monoisotopic (exact) mass is 151 g/mol. The van der Waals surface area contributed by atoms with Gasteiger partial charge in [0.05, 0.1) is 6.20 Å². The molecule has 1 aromatic heterocycles. The number of hydrogen-bond donors (Lipinski definition) is 1. The van der Waals surface area contributed by atoms with E-state index in [9.17, 15) is 0 Å². The first kappa shape index (κ1) is 7.54. The van der Waals surface area contributed by atoms with Crippen molar-refractivity contribution in [2.75, 3.05) is 6.54 Å². The van der Waals surface area contributed by atoms with Crippen molar-refractivity contribution in [1.29, 1.82) is 5.26 Å². The van der Waals surface area contributed by atoms with E-state index < -0.39 is 0 Å². The number of nitrogens with one attached hydrogen (secondary N) is 1. The summed E-state index contributed by atoms with van der Waals surface area (Å²) in [5.41, 5.74) is 0. The van der Waals surface area contributed by atoms with Gasteiger partial charge in [0.25, 0.3) is 0 Å². The second-order valence-corrected chi connectivity index (χ2v) is 2.06. The molecule has 0 unspecified atom stereocenters. The Labute approximate surface area is 64.6 Å². The van der Waals surface area contributed by atoms with Crippen LogP contribution in [0.2, 0.25) is 0 Å². The lowest BCUT2D eigenvalue weighted by molar-refractivity contribution is 0.552. The van der Waals surface area contributed by atoms with E-state index in [0.29, 0.717) is 6.54 Å². The molecule has 0 saturated carbocycles. The minimum absolute atomic E-state index is 0.691. The van der Waals surface area contributed by atoms with Crippen LogP contribution in [0.4, 0.5) is 0 Å². The molecular weight excluding hydrogens is 142 g/mol. The Morgan fingerprint density at radius 3 is 3.18 bits per heavy atom. The highest BCUT2D eigenvalue weighted by atomic mass is 15.4.